The van der Waals surface area contributed by atoms with E-state index in [1.807, 2.05) is 0 Å². The molecule has 0 spiro atoms. The van der Waals surface area contributed by atoms with Crippen molar-refractivity contribution in [3.8, 4) is 0 Å². The third-order valence-electron chi connectivity index (χ3n) is 4.90. The molecule has 1 heterocycles. The largest absolute Gasteiger partial charge is 0.313 e. The number of hydrogen-bond acceptors (Lipinski definition) is 3. The van der Waals surface area contributed by atoms with E-state index in [1.165, 1.54) is 0 Å². The molecule has 1 atom stereocenters. The molecule has 1 aliphatic heterocycles. The highest BCUT2D eigenvalue weighted by Gasteiger charge is 2.65. The van der Waals surface area contributed by atoms with Gasteiger partial charge in [-0.05, 0) is 30.2 Å². The van der Waals surface area contributed by atoms with E-state index in [0.29, 0.717) is 0 Å². The van der Waals surface area contributed by atoms with E-state index in [9.17, 15) is 8.42 Å². The van der Waals surface area contributed by atoms with Gasteiger partial charge in [0.15, 0.2) is 0 Å². The maximum Gasteiger partial charge on any atom is 0.213 e. The molecule has 0 amide bonds. The Morgan fingerprint density at radius 3 is 2.24 bits per heavy atom. The average molecular weight is 260 g/mol. The summed E-state index contributed by atoms with van der Waals surface area (Å²) in [6.07, 6.45) is 2.05. The Labute approximate surface area is 105 Å². The summed E-state index contributed by atoms with van der Waals surface area (Å²) in [7, 11) is -3.16. The first kappa shape index (κ1) is 13.3. The molecule has 0 radical (unpaired) electrons. The molecule has 1 saturated heterocycles. The van der Waals surface area contributed by atoms with Crippen molar-refractivity contribution in [2.45, 2.75) is 52.6 Å². The van der Waals surface area contributed by atoms with Crippen molar-refractivity contribution in [1.29, 1.82) is 0 Å². The van der Waals surface area contributed by atoms with Gasteiger partial charge in [0.2, 0.25) is 10.0 Å². The van der Waals surface area contributed by atoms with Crippen molar-refractivity contribution < 1.29 is 8.42 Å². The molecular weight excluding hydrogens is 236 g/mol. The normalized spacial score (nSPS) is 31.6. The Balaban J connectivity index is 1.95. The molecule has 2 aliphatic rings. The second-order valence-corrected chi connectivity index (χ2v) is 8.37. The molecule has 0 aromatic heterocycles. The minimum absolute atomic E-state index is 0.0587. The van der Waals surface area contributed by atoms with Gasteiger partial charge in [-0.2, -0.15) is 0 Å². The van der Waals surface area contributed by atoms with Gasteiger partial charge in [-0.25, -0.2) is 13.1 Å². The summed E-state index contributed by atoms with van der Waals surface area (Å²) < 4.78 is 27.0. The van der Waals surface area contributed by atoms with Crippen molar-refractivity contribution in [3.63, 3.8) is 0 Å². The molecule has 1 saturated carbocycles. The molecule has 2 rings (SSSR count). The zero-order chi connectivity index (χ0) is 12.9. The van der Waals surface area contributed by atoms with Crippen LogP contribution >= 0.6 is 0 Å². The molecule has 0 bridgehead atoms. The lowest BCUT2D eigenvalue weighted by Crippen LogP contribution is -2.39. The van der Waals surface area contributed by atoms with E-state index in [-0.39, 0.29) is 28.7 Å². The number of rotatable bonds is 4. The van der Waals surface area contributed by atoms with Gasteiger partial charge in [0, 0.05) is 12.1 Å². The third kappa shape index (κ3) is 2.37. The summed E-state index contributed by atoms with van der Waals surface area (Å²) in [5, 5.41) is 3.23. The van der Waals surface area contributed by atoms with Crippen LogP contribution in [0.1, 0.15) is 40.5 Å². The van der Waals surface area contributed by atoms with Gasteiger partial charge in [-0.1, -0.05) is 27.7 Å². The smallest absolute Gasteiger partial charge is 0.213 e. The lowest BCUT2D eigenvalue weighted by Gasteiger charge is -2.12. The monoisotopic (exact) mass is 260 g/mol. The minimum Gasteiger partial charge on any atom is -0.313 e. The van der Waals surface area contributed by atoms with Crippen LogP contribution in [0.4, 0.5) is 0 Å². The fourth-order valence-electron chi connectivity index (χ4n) is 2.88. The van der Waals surface area contributed by atoms with E-state index in [1.54, 1.807) is 0 Å². The highest BCUT2D eigenvalue weighted by molar-refractivity contribution is 7.89. The van der Waals surface area contributed by atoms with E-state index < -0.39 is 10.0 Å². The first-order chi connectivity index (χ1) is 7.67. The van der Waals surface area contributed by atoms with Crippen molar-refractivity contribution in [2.75, 3.05) is 12.3 Å². The molecular formula is C12H24N2O2S. The molecule has 4 nitrogen and oxygen atoms in total. The standard InChI is InChI=1S/C12H24N2O2S/c1-11(2)10(12(11,3)4)14-17(15,16)8-9-6-5-7-13-9/h9-10,13-14H,5-8H2,1-4H3. The Morgan fingerprint density at radius 1 is 1.24 bits per heavy atom. The number of hydrogen-bond donors (Lipinski definition) is 2. The fraction of sp³-hybridized carbons (Fsp3) is 1.00. The van der Waals surface area contributed by atoms with E-state index in [4.69, 9.17) is 0 Å². The van der Waals surface area contributed by atoms with Crippen LogP contribution in [0.5, 0.6) is 0 Å². The second kappa shape index (κ2) is 3.93. The quantitative estimate of drug-likeness (QED) is 0.795. The summed E-state index contributed by atoms with van der Waals surface area (Å²) >= 11 is 0. The van der Waals surface area contributed by atoms with Gasteiger partial charge >= 0.3 is 0 Å². The molecule has 0 aromatic rings. The summed E-state index contributed by atoms with van der Waals surface area (Å²) in [6, 6.07) is 0.207. The predicted molar refractivity (Wildman–Crippen MR) is 69.3 cm³/mol. The second-order valence-electron chi connectivity index (χ2n) is 6.57. The Bertz CT molecular complexity index is 381. The Hall–Kier alpha value is -0.130. The Morgan fingerprint density at radius 2 is 1.82 bits per heavy atom. The van der Waals surface area contributed by atoms with Crippen LogP contribution in [0.25, 0.3) is 0 Å². The van der Waals surface area contributed by atoms with Gasteiger partial charge in [-0.15, -0.1) is 0 Å². The van der Waals surface area contributed by atoms with Crippen LogP contribution in [-0.2, 0) is 10.0 Å². The molecule has 100 valence electrons. The topological polar surface area (TPSA) is 58.2 Å². The predicted octanol–water partition coefficient (Wildman–Crippen LogP) is 1.09. The van der Waals surface area contributed by atoms with Crippen LogP contribution in [0.2, 0.25) is 0 Å². The third-order valence-corrected chi connectivity index (χ3v) is 6.34. The number of sulfonamides is 1. The fourth-order valence-corrected chi connectivity index (χ4v) is 4.74. The SMILES string of the molecule is CC1(C)C(NS(=O)(=O)CC2CCCN2)C1(C)C. The van der Waals surface area contributed by atoms with Crippen LogP contribution < -0.4 is 10.0 Å². The summed E-state index contributed by atoms with van der Waals surface area (Å²) in [5.74, 6) is 0.218. The molecule has 2 fully saturated rings. The van der Waals surface area contributed by atoms with E-state index in [0.717, 1.165) is 19.4 Å². The maximum absolute atomic E-state index is 12.1. The zero-order valence-corrected chi connectivity index (χ0v) is 12.0. The van der Waals surface area contributed by atoms with Crippen LogP contribution in [0.3, 0.4) is 0 Å². The molecule has 2 N–H and O–H groups in total. The molecule has 17 heavy (non-hydrogen) atoms. The molecule has 1 unspecified atom stereocenters. The lowest BCUT2D eigenvalue weighted by molar-refractivity contribution is 0.457. The average Bonchev–Trinajstić information content (AvgIpc) is 2.62. The lowest BCUT2D eigenvalue weighted by atomic mass is 10.0. The number of nitrogens with one attached hydrogen (secondary N) is 2. The molecule has 5 heteroatoms. The summed E-state index contributed by atoms with van der Waals surface area (Å²) in [6.45, 7) is 9.42. The Kier molecular flexibility index (Phi) is 3.08. The van der Waals surface area contributed by atoms with E-state index >= 15 is 0 Å². The van der Waals surface area contributed by atoms with Crippen LogP contribution in [0.15, 0.2) is 0 Å². The molecule has 1 aliphatic carbocycles. The minimum atomic E-state index is -3.16. The van der Waals surface area contributed by atoms with E-state index in [2.05, 4.69) is 37.7 Å². The van der Waals surface area contributed by atoms with Crippen molar-refractivity contribution in [2.24, 2.45) is 10.8 Å². The first-order valence-corrected chi connectivity index (χ1v) is 8.05. The van der Waals surface area contributed by atoms with Gasteiger partial charge in [-0.3, -0.25) is 0 Å². The summed E-state index contributed by atoms with van der Waals surface area (Å²) in [5.41, 5.74) is 0.117. The van der Waals surface area contributed by atoms with Crippen molar-refractivity contribution >= 4 is 10.0 Å². The molecule has 0 aromatic carbocycles. The van der Waals surface area contributed by atoms with Crippen molar-refractivity contribution in [1.82, 2.24) is 10.0 Å². The van der Waals surface area contributed by atoms with Gasteiger partial charge in [0.1, 0.15) is 0 Å². The van der Waals surface area contributed by atoms with Crippen LogP contribution in [0, 0.1) is 10.8 Å². The highest BCUT2D eigenvalue weighted by Crippen LogP contribution is 2.62. The van der Waals surface area contributed by atoms with Gasteiger partial charge in [0.05, 0.1) is 5.75 Å². The maximum atomic E-state index is 12.1. The van der Waals surface area contributed by atoms with Gasteiger partial charge in [0.25, 0.3) is 0 Å². The zero-order valence-electron chi connectivity index (χ0n) is 11.2. The highest BCUT2D eigenvalue weighted by atomic mass is 32.2. The summed E-state index contributed by atoms with van der Waals surface area (Å²) in [4.78, 5) is 0. The first-order valence-electron chi connectivity index (χ1n) is 6.40. The van der Waals surface area contributed by atoms with Crippen molar-refractivity contribution in [3.05, 3.63) is 0 Å². The van der Waals surface area contributed by atoms with Crippen LogP contribution in [-0.4, -0.2) is 32.8 Å². The van der Waals surface area contributed by atoms with Gasteiger partial charge < -0.3 is 5.32 Å².